The van der Waals surface area contributed by atoms with Gasteiger partial charge in [0.05, 0.1) is 0 Å². The predicted octanol–water partition coefficient (Wildman–Crippen LogP) is 3.09. The molecular formula is C8H11Br. The molecule has 0 aromatic heterocycles. The van der Waals surface area contributed by atoms with Crippen molar-refractivity contribution in [2.24, 2.45) is 0 Å². The molecule has 0 fully saturated rings. The molecule has 0 aliphatic heterocycles. The fourth-order valence-electron chi connectivity index (χ4n) is 0.760. The lowest BCUT2D eigenvalue weighted by Gasteiger charge is -1.97. The van der Waals surface area contributed by atoms with Gasteiger partial charge in [0, 0.05) is 15.9 Å². The maximum Gasteiger partial charge on any atom is 0.0103 e. The summed E-state index contributed by atoms with van der Waals surface area (Å²) in [6.45, 7) is 0. The van der Waals surface area contributed by atoms with E-state index in [-0.39, 0.29) is 0 Å². The first-order valence-corrected chi connectivity index (χ1v) is 3.92. The molecule has 0 spiro atoms. The minimum atomic E-state index is 1.32. The molecule has 0 saturated carbocycles. The lowest BCUT2D eigenvalue weighted by molar-refractivity contribution is 0.730. The Bertz CT molecular complexity index is 100. The summed E-state index contributed by atoms with van der Waals surface area (Å²) in [4.78, 5) is 2.06. The molecular weight excluding hydrogens is 176 g/mol. The van der Waals surface area contributed by atoms with E-state index in [1.54, 1.807) is 0 Å². The minimum absolute atomic E-state index is 1.32. The molecule has 0 aromatic rings. The Balaban J connectivity index is 0.000000187. The van der Waals surface area contributed by atoms with Crippen molar-refractivity contribution in [3.8, 4) is 11.3 Å². The normalized spacial score (nSPS) is 15.1. The summed E-state index contributed by atoms with van der Waals surface area (Å²) in [5.74, 6) is 0. The van der Waals surface area contributed by atoms with Crippen molar-refractivity contribution in [2.45, 2.75) is 25.7 Å². The highest BCUT2D eigenvalue weighted by atomic mass is 79.9. The molecule has 0 N–H and O–H groups in total. The topological polar surface area (TPSA) is 0 Å². The van der Waals surface area contributed by atoms with Crippen molar-refractivity contribution in [3.05, 3.63) is 12.2 Å². The zero-order valence-electron chi connectivity index (χ0n) is 5.44. The summed E-state index contributed by atoms with van der Waals surface area (Å²) in [6, 6.07) is 0. The second-order valence-corrected chi connectivity index (χ2v) is 2.32. The third kappa shape index (κ3) is 7.78. The van der Waals surface area contributed by atoms with Gasteiger partial charge in [-0.05, 0) is 30.5 Å². The largest absolute Gasteiger partial charge is 0.108 e. The molecule has 0 unspecified atom stereocenters. The maximum absolute atomic E-state index is 4.51. The van der Waals surface area contributed by atoms with E-state index >= 15 is 0 Å². The maximum atomic E-state index is 4.51. The molecule has 0 saturated heterocycles. The van der Waals surface area contributed by atoms with Gasteiger partial charge in [-0.2, -0.15) is 0 Å². The third-order valence-corrected chi connectivity index (χ3v) is 1.16. The van der Waals surface area contributed by atoms with Crippen molar-refractivity contribution < 1.29 is 0 Å². The second-order valence-electron chi connectivity index (χ2n) is 1.86. The van der Waals surface area contributed by atoms with Crippen LogP contribution in [0.5, 0.6) is 0 Å². The van der Waals surface area contributed by atoms with Gasteiger partial charge in [0.15, 0.2) is 0 Å². The average Bonchev–Trinajstić information content (AvgIpc) is 1.93. The van der Waals surface area contributed by atoms with Crippen LogP contribution >= 0.6 is 15.9 Å². The van der Waals surface area contributed by atoms with Crippen LogP contribution in [0.15, 0.2) is 12.2 Å². The summed E-state index contributed by atoms with van der Waals surface area (Å²) in [6.07, 6.45) is 14.5. The standard InChI is InChI=1S/C6H10.C2HBr/c1-2-4-6-5-3-1;1-2-3/h1-2H,3-6H2;1H. The Kier molecular flexibility index (Phi) is 7.59. The molecule has 0 heterocycles. The van der Waals surface area contributed by atoms with Crippen molar-refractivity contribution in [3.63, 3.8) is 0 Å². The summed E-state index contributed by atoms with van der Waals surface area (Å²) >= 11 is 2.67. The van der Waals surface area contributed by atoms with Crippen LogP contribution in [0.3, 0.4) is 0 Å². The molecule has 1 aliphatic rings. The quantitative estimate of drug-likeness (QED) is 0.403. The van der Waals surface area contributed by atoms with Crippen molar-refractivity contribution in [1.29, 1.82) is 0 Å². The number of hydrogen-bond acceptors (Lipinski definition) is 0. The van der Waals surface area contributed by atoms with Crippen molar-refractivity contribution in [1.82, 2.24) is 0 Å². The number of hydrogen-bond donors (Lipinski definition) is 0. The minimum Gasteiger partial charge on any atom is -0.108 e. The van der Waals surface area contributed by atoms with Crippen LogP contribution in [0.4, 0.5) is 0 Å². The summed E-state index contributed by atoms with van der Waals surface area (Å²) < 4.78 is 0. The number of terminal acetylenes is 1. The number of allylic oxidation sites excluding steroid dienone is 2. The van der Waals surface area contributed by atoms with Crippen molar-refractivity contribution >= 4 is 15.9 Å². The van der Waals surface area contributed by atoms with E-state index in [2.05, 4.69) is 39.3 Å². The van der Waals surface area contributed by atoms with Gasteiger partial charge in [-0.25, -0.2) is 0 Å². The van der Waals surface area contributed by atoms with Crippen LogP contribution < -0.4 is 0 Å². The second kappa shape index (κ2) is 7.78. The smallest absolute Gasteiger partial charge is 0.0103 e. The van der Waals surface area contributed by atoms with Crippen LogP contribution in [0.1, 0.15) is 25.7 Å². The molecule has 0 aromatic carbocycles. The Morgan fingerprint density at radius 3 is 1.67 bits per heavy atom. The predicted molar refractivity (Wildman–Crippen MR) is 45.4 cm³/mol. The van der Waals surface area contributed by atoms with Gasteiger partial charge in [0.25, 0.3) is 0 Å². The SMILES string of the molecule is C#CBr.C1=CCCCC1. The first-order chi connectivity index (χ1) is 4.41. The highest BCUT2D eigenvalue weighted by Crippen LogP contribution is 2.07. The molecule has 50 valence electrons. The Hall–Kier alpha value is -0.220. The van der Waals surface area contributed by atoms with E-state index in [4.69, 9.17) is 0 Å². The van der Waals surface area contributed by atoms with Crippen LogP contribution in [0, 0.1) is 11.3 Å². The zero-order valence-corrected chi connectivity index (χ0v) is 7.02. The van der Waals surface area contributed by atoms with Crippen LogP contribution in [-0.4, -0.2) is 0 Å². The summed E-state index contributed by atoms with van der Waals surface area (Å²) in [5, 5.41) is 0. The first kappa shape index (κ1) is 8.78. The molecule has 9 heavy (non-hydrogen) atoms. The van der Waals surface area contributed by atoms with Gasteiger partial charge in [0.2, 0.25) is 0 Å². The molecule has 0 amide bonds. The van der Waals surface area contributed by atoms with E-state index in [0.29, 0.717) is 0 Å². The van der Waals surface area contributed by atoms with Gasteiger partial charge in [0.1, 0.15) is 0 Å². The van der Waals surface area contributed by atoms with E-state index in [9.17, 15) is 0 Å². The monoisotopic (exact) mass is 186 g/mol. The van der Waals surface area contributed by atoms with Crippen molar-refractivity contribution in [2.75, 3.05) is 0 Å². The molecule has 0 bridgehead atoms. The average molecular weight is 187 g/mol. The number of halogens is 1. The Morgan fingerprint density at radius 1 is 1.22 bits per heavy atom. The van der Waals surface area contributed by atoms with E-state index in [0.717, 1.165) is 0 Å². The summed E-state index contributed by atoms with van der Waals surface area (Å²) in [5.41, 5.74) is 0. The van der Waals surface area contributed by atoms with Gasteiger partial charge in [-0.3, -0.25) is 0 Å². The van der Waals surface area contributed by atoms with Gasteiger partial charge >= 0.3 is 0 Å². The molecule has 1 heteroatoms. The molecule has 1 rings (SSSR count). The third-order valence-electron chi connectivity index (χ3n) is 1.16. The molecule has 0 nitrogen and oxygen atoms in total. The molecule has 0 radical (unpaired) electrons. The Morgan fingerprint density at radius 2 is 1.56 bits per heavy atom. The lowest BCUT2D eigenvalue weighted by atomic mass is 10.1. The number of rotatable bonds is 0. The van der Waals surface area contributed by atoms with E-state index in [1.165, 1.54) is 25.7 Å². The van der Waals surface area contributed by atoms with Crippen LogP contribution in [-0.2, 0) is 0 Å². The highest BCUT2D eigenvalue weighted by molar-refractivity contribution is 9.12. The zero-order chi connectivity index (χ0) is 6.95. The van der Waals surface area contributed by atoms with E-state index in [1.807, 2.05) is 0 Å². The fraction of sp³-hybridized carbons (Fsp3) is 0.500. The van der Waals surface area contributed by atoms with E-state index < -0.39 is 0 Å². The first-order valence-electron chi connectivity index (χ1n) is 3.13. The molecule has 0 atom stereocenters. The van der Waals surface area contributed by atoms with Gasteiger partial charge in [-0.1, -0.05) is 12.2 Å². The Labute approximate surface area is 65.5 Å². The molecule has 1 aliphatic carbocycles. The fourth-order valence-corrected chi connectivity index (χ4v) is 0.760. The lowest BCUT2D eigenvalue weighted by Crippen LogP contribution is -1.77. The van der Waals surface area contributed by atoms with Crippen LogP contribution in [0.25, 0.3) is 0 Å². The van der Waals surface area contributed by atoms with Gasteiger partial charge < -0.3 is 0 Å². The summed E-state index contributed by atoms with van der Waals surface area (Å²) in [7, 11) is 0. The highest BCUT2D eigenvalue weighted by Gasteiger charge is 1.87. The van der Waals surface area contributed by atoms with Crippen LogP contribution in [0.2, 0.25) is 0 Å². The van der Waals surface area contributed by atoms with Gasteiger partial charge in [-0.15, -0.1) is 6.42 Å².